The van der Waals surface area contributed by atoms with E-state index in [1.807, 2.05) is 84.8 Å². The van der Waals surface area contributed by atoms with Crippen molar-refractivity contribution in [1.29, 1.82) is 0 Å². The van der Waals surface area contributed by atoms with Gasteiger partial charge in [0, 0.05) is 33.7 Å². The van der Waals surface area contributed by atoms with Gasteiger partial charge in [-0.05, 0) is 55.0 Å². The van der Waals surface area contributed by atoms with Crippen LogP contribution in [0.2, 0.25) is 0 Å². The lowest BCUT2D eigenvalue weighted by Gasteiger charge is -2.31. The molecule has 0 fully saturated rings. The lowest BCUT2D eigenvalue weighted by atomic mass is 9.96. The maximum Gasteiger partial charge on any atom is 0.261 e. The van der Waals surface area contributed by atoms with Crippen LogP contribution < -0.4 is 9.47 Å². The van der Waals surface area contributed by atoms with Gasteiger partial charge in [0.05, 0.1) is 13.2 Å². The number of fused-ring (bicyclic) bond motifs is 1. The number of hydrogen-bond donors (Lipinski definition) is 1. The van der Waals surface area contributed by atoms with Crippen LogP contribution >= 0.6 is 15.9 Å². The predicted molar refractivity (Wildman–Crippen MR) is 130 cm³/mol. The zero-order valence-corrected chi connectivity index (χ0v) is 19.6. The minimum Gasteiger partial charge on any atom is -0.497 e. The number of amides is 1. The van der Waals surface area contributed by atoms with Crippen LogP contribution in [0.5, 0.6) is 11.5 Å². The summed E-state index contributed by atoms with van der Waals surface area (Å²) in [5.74, 6) is 1.35. The van der Waals surface area contributed by atoms with E-state index in [9.17, 15) is 4.79 Å². The Labute approximate surface area is 196 Å². The SMILES string of the molecule is CCN(C(=O)COc1ccc(Br)cc1)[C@H](c1ccc(OC)cc1)c1c[nH]c2ccccc12. The molecule has 0 radical (unpaired) electrons. The number of hydrogen-bond acceptors (Lipinski definition) is 3. The van der Waals surface area contributed by atoms with Crippen molar-refractivity contribution >= 4 is 32.7 Å². The number of methoxy groups -OCH3 is 1. The van der Waals surface area contributed by atoms with Crippen molar-refractivity contribution in [2.45, 2.75) is 13.0 Å². The normalized spacial score (nSPS) is 11.8. The molecular weight excluding hydrogens is 468 g/mol. The fourth-order valence-corrected chi connectivity index (χ4v) is 4.16. The predicted octanol–water partition coefficient (Wildman–Crippen LogP) is 5.96. The summed E-state index contributed by atoms with van der Waals surface area (Å²) in [5, 5.41) is 1.09. The molecule has 0 aliphatic carbocycles. The molecule has 164 valence electrons. The minimum absolute atomic E-state index is 0.0372. The van der Waals surface area contributed by atoms with Crippen LogP contribution in [0.15, 0.2) is 83.5 Å². The van der Waals surface area contributed by atoms with Gasteiger partial charge < -0.3 is 19.4 Å². The van der Waals surface area contributed by atoms with Gasteiger partial charge in [-0.15, -0.1) is 0 Å². The van der Waals surface area contributed by atoms with Gasteiger partial charge >= 0.3 is 0 Å². The smallest absolute Gasteiger partial charge is 0.261 e. The molecule has 0 bridgehead atoms. The minimum atomic E-state index is -0.261. The van der Waals surface area contributed by atoms with Crippen LogP contribution in [0, 0.1) is 0 Å². The molecule has 1 aromatic heterocycles. The molecule has 1 heterocycles. The maximum absolute atomic E-state index is 13.3. The molecular formula is C26H25BrN2O3. The summed E-state index contributed by atoms with van der Waals surface area (Å²) >= 11 is 3.41. The van der Waals surface area contributed by atoms with E-state index < -0.39 is 0 Å². The fourth-order valence-electron chi connectivity index (χ4n) is 3.90. The van der Waals surface area contributed by atoms with Crippen LogP contribution in [-0.4, -0.2) is 36.1 Å². The van der Waals surface area contributed by atoms with E-state index >= 15 is 0 Å². The van der Waals surface area contributed by atoms with Crippen LogP contribution in [0.25, 0.3) is 10.9 Å². The second-order valence-electron chi connectivity index (χ2n) is 7.39. The zero-order valence-electron chi connectivity index (χ0n) is 18.0. The molecule has 0 unspecified atom stereocenters. The Balaban J connectivity index is 1.68. The number of nitrogens with one attached hydrogen (secondary N) is 1. The summed E-state index contributed by atoms with van der Waals surface area (Å²) < 4.78 is 12.1. The van der Waals surface area contributed by atoms with Gasteiger partial charge in [0.1, 0.15) is 11.5 Å². The highest BCUT2D eigenvalue weighted by Crippen LogP contribution is 2.34. The highest BCUT2D eigenvalue weighted by Gasteiger charge is 2.28. The number of carbonyl (C=O) groups excluding carboxylic acids is 1. The quantitative estimate of drug-likeness (QED) is 0.330. The number of rotatable bonds is 8. The van der Waals surface area contributed by atoms with E-state index in [1.165, 1.54) is 0 Å². The third-order valence-corrected chi connectivity index (χ3v) is 6.02. The number of halogens is 1. The lowest BCUT2D eigenvalue weighted by molar-refractivity contribution is -0.134. The Morgan fingerprint density at radius 3 is 2.38 bits per heavy atom. The molecule has 0 aliphatic heterocycles. The number of aromatic nitrogens is 1. The largest absolute Gasteiger partial charge is 0.497 e. The number of likely N-dealkylation sites (N-methyl/N-ethyl adjacent to an activating group) is 1. The van der Waals surface area contributed by atoms with E-state index in [0.717, 1.165) is 32.3 Å². The fraction of sp³-hybridized carbons (Fsp3) is 0.192. The van der Waals surface area contributed by atoms with Crippen molar-refractivity contribution < 1.29 is 14.3 Å². The van der Waals surface area contributed by atoms with E-state index in [-0.39, 0.29) is 18.6 Å². The maximum atomic E-state index is 13.3. The number of benzene rings is 3. The lowest BCUT2D eigenvalue weighted by Crippen LogP contribution is -2.38. The average Bonchev–Trinajstić information content (AvgIpc) is 3.26. The standard InChI is InChI=1S/C26H25BrN2O3/c1-3-29(25(30)17-32-21-14-10-19(27)11-15-21)26(18-8-12-20(31-2)13-9-18)23-16-28-24-7-5-4-6-22(23)24/h4-16,26,28H,3,17H2,1-2H3/t26-/m1/s1. The molecule has 0 saturated heterocycles. The third-order valence-electron chi connectivity index (χ3n) is 5.50. The highest BCUT2D eigenvalue weighted by molar-refractivity contribution is 9.10. The molecule has 0 aliphatic rings. The van der Waals surface area contributed by atoms with Crippen molar-refractivity contribution in [3.05, 3.63) is 94.6 Å². The second kappa shape index (κ2) is 9.92. The van der Waals surface area contributed by atoms with Gasteiger partial charge in [0.25, 0.3) is 5.91 Å². The van der Waals surface area contributed by atoms with E-state index in [2.05, 4.69) is 27.0 Å². The summed E-state index contributed by atoms with van der Waals surface area (Å²) in [6.07, 6.45) is 1.99. The third kappa shape index (κ3) is 4.65. The van der Waals surface area contributed by atoms with Crippen molar-refractivity contribution in [3.63, 3.8) is 0 Å². The first-order valence-corrected chi connectivity index (χ1v) is 11.3. The first-order valence-electron chi connectivity index (χ1n) is 10.5. The molecule has 1 amide bonds. The van der Waals surface area contributed by atoms with Crippen molar-refractivity contribution in [3.8, 4) is 11.5 Å². The Morgan fingerprint density at radius 2 is 1.69 bits per heavy atom. The van der Waals surface area contributed by atoms with Crippen LogP contribution in [-0.2, 0) is 4.79 Å². The van der Waals surface area contributed by atoms with Gasteiger partial charge in [-0.3, -0.25) is 4.79 Å². The number of ether oxygens (including phenoxy) is 2. The first-order chi connectivity index (χ1) is 15.6. The first kappa shape index (κ1) is 22.0. The molecule has 1 atom stereocenters. The Morgan fingerprint density at radius 1 is 1.00 bits per heavy atom. The summed E-state index contributed by atoms with van der Waals surface area (Å²) in [6.45, 7) is 2.49. The Kier molecular flexibility index (Phi) is 6.81. The number of H-pyrrole nitrogens is 1. The molecule has 3 aromatic carbocycles. The zero-order chi connectivity index (χ0) is 22.5. The van der Waals surface area contributed by atoms with Gasteiger partial charge in [-0.1, -0.05) is 46.3 Å². The summed E-state index contributed by atoms with van der Waals surface area (Å²) in [5.41, 5.74) is 3.09. The van der Waals surface area contributed by atoms with Gasteiger partial charge in [0.2, 0.25) is 0 Å². The molecule has 0 saturated carbocycles. The van der Waals surface area contributed by atoms with Gasteiger partial charge in [0.15, 0.2) is 6.61 Å². The Hall–Kier alpha value is -3.25. The molecule has 32 heavy (non-hydrogen) atoms. The molecule has 0 spiro atoms. The van der Waals surface area contributed by atoms with E-state index in [0.29, 0.717) is 12.3 Å². The summed E-state index contributed by atoms with van der Waals surface area (Å²) in [6, 6.07) is 23.2. The second-order valence-corrected chi connectivity index (χ2v) is 8.30. The van der Waals surface area contributed by atoms with Crippen molar-refractivity contribution in [1.82, 2.24) is 9.88 Å². The number of aromatic amines is 1. The van der Waals surface area contributed by atoms with Gasteiger partial charge in [-0.25, -0.2) is 0 Å². The number of para-hydroxylation sites is 1. The number of nitrogens with zero attached hydrogens (tertiary/aromatic N) is 1. The molecule has 6 heteroatoms. The van der Waals surface area contributed by atoms with Crippen LogP contribution in [0.1, 0.15) is 24.1 Å². The summed E-state index contributed by atoms with van der Waals surface area (Å²) in [7, 11) is 1.65. The summed E-state index contributed by atoms with van der Waals surface area (Å²) in [4.78, 5) is 18.5. The Bertz CT molecular complexity index is 1190. The van der Waals surface area contributed by atoms with Gasteiger partial charge in [-0.2, -0.15) is 0 Å². The molecule has 5 nitrogen and oxygen atoms in total. The molecule has 1 N–H and O–H groups in total. The highest BCUT2D eigenvalue weighted by atomic mass is 79.9. The average molecular weight is 493 g/mol. The molecule has 4 rings (SSSR count). The van der Waals surface area contributed by atoms with E-state index in [4.69, 9.17) is 9.47 Å². The van der Waals surface area contributed by atoms with E-state index in [1.54, 1.807) is 7.11 Å². The topological polar surface area (TPSA) is 54.6 Å². The van der Waals surface area contributed by atoms with Crippen molar-refractivity contribution in [2.24, 2.45) is 0 Å². The number of carbonyl (C=O) groups is 1. The van der Waals surface area contributed by atoms with Crippen LogP contribution in [0.3, 0.4) is 0 Å². The molecule has 4 aromatic rings. The van der Waals surface area contributed by atoms with Crippen molar-refractivity contribution in [2.75, 3.05) is 20.3 Å². The monoisotopic (exact) mass is 492 g/mol. The van der Waals surface area contributed by atoms with Crippen LogP contribution in [0.4, 0.5) is 0 Å².